The van der Waals surface area contributed by atoms with Crippen molar-refractivity contribution in [3.8, 4) is 11.5 Å². The van der Waals surface area contributed by atoms with Gasteiger partial charge in [0.15, 0.2) is 0 Å². The maximum absolute atomic E-state index is 13.7. The second-order valence-corrected chi connectivity index (χ2v) is 10.5. The zero-order chi connectivity index (χ0) is 25.5. The highest BCUT2D eigenvalue weighted by Gasteiger charge is 2.33. The molecule has 190 valence electrons. The summed E-state index contributed by atoms with van der Waals surface area (Å²) >= 11 is 1.72. The van der Waals surface area contributed by atoms with Crippen LogP contribution in [0.1, 0.15) is 35.9 Å². The van der Waals surface area contributed by atoms with Gasteiger partial charge in [0.05, 0.1) is 26.1 Å². The molecule has 0 saturated heterocycles. The van der Waals surface area contributed by atoms with Gasteiger partial charge in [-0.2, -0.15) is 0 Å². The Labute approximate surface area is 217 Å². The van der Waals surface area contributed by atoms with Gasteiger partial charge in [-0.15, -0.1) is 11.3 Å². The zero-order valence-corrected chi connectivity index (χ0v) is 22.0. The SMILES string of the molecule is COc1cccc(OCC2c3ccsc3CCN2C(=O)CN(CC(C)C)C(=O)Cc2ccccc2)c1. The van der Waals surface area contributed by atoms with Crippen LogP contribution in [0.4, 0.5) is 0 Å². The number of ether oxygens (including phenoxy) is 2. The summed E-state index contributed by atoms with van der Waals surface area (Å²) in [5.74, 6) is 1.61. The van der Waals surface area contributed by atoms with Crippen LogP contribution in [-0.2, 0) is 22.4 Å². The van der Waals surface area contributed by atoms with Crippen LogP contribution < -0.4 is 9.47 Å². The summed E-state index contributed by atoms with van der Waals surface area (Å²) in [4.78, 5) is 31.7. The van der Waals surface area contributed by atoms with Gasteiger partial charge in [-0.1, -0.05) is 50.2 Å². The molecule has 0 aliphatic carbocycles. The second-order valence-electron chi connectivity index (χ2n) is 9.47. The molecule has 0 bridgehead atoms. The molecule has 1 unspecified atom stereocenters. The van der Waals surface area contributed by atoms with Crippen LogP contribution in [-0.4, -0.2) is 55.0 Å². The van der Waals surface area contributed by atoms with Crippen molar-refractivity contribution in [2.24, 2.45) is 5.92 Å². The molecule has 0 saturated carbocycles. The van der Waals surface area contributed by atoms with Crippen molar-refractivity contribution < 1.29 is 19.1 Å². The number of amides is 2. The van der Waals surface area contributed by atoms with Crippen molar-refractivity contribution in [2.45, 2.75) is 32.7 Å². The summed E-state index contributed by atoms with van der Waals surface area (Å²) in [6.45, 7) is 5.69. The Hall–Kier alpha value is -3.32. The van der Waals surface area contributed by atoms with E-state index in [0.29, 0.717) is 25.4 Å². The summed E-state index contributed by atoms with van der Waals surface area (Å²) in [7, 11) is 1.63. The number of rotatable bonds is 10. The number of fused-ring (bicyclic) bond motifs is 1. The molecule has 3 aromatic rings. The molecule has 1 aromatic heterocycles. The lowest BCUT2D eigenvalue weighted by Gasteiger charge is -2.37. The van der Waals surface area contributed by atoms with Gasteiger partial charge >= 0.3 is 0 Å². The molecule has 4 rings (SSSR count). The lowest BCUT2D eigenvalue weighted by Crippen LogP contribution is -2.48. The molecule has 1 atom stereocenters. The first-order valence-electron chi connectivity index (χ1n) is 12.4. The maximum atomic E-state index is 13.7. The minimum absolute atomic E-state index is 0.0272. The van der Waals surface area contributed by atoms with E-state index in [-0.39, 0.29) is 36.7 Å². The van der Waals surface area contributed by atoms with E-state index < -0.39 is 0 Å². The van der Waals surface area contributed by atoms with Crippen molar-refractivity contribution >= 4 is 23.2 Å². The summed E-state index contributed by atoms with van der Waals surface area (Å²) in [5.41, 5.74) is 2.09. The Kier molecular flexibility index (Phi) is 8.65. The second kappa shape index (κ2) is 12.1. The van der Waals surface area contributed by atoms with Crippen molar-refractivity contribution in [1.29, 1.82) is 0 Å². The number of methoxy groups -OCH3 is 1. The fourth-order valence-electron chi connectivity index (χ4n) is 4.57. The fraction of sp³-hybridized carbons (Fsp3) is 0.379. The van der Waals surface area contributed by atoms with E-state index in [1.54, 1.807) is 23.3 Å². The third-order valence-corrected chi connectivity index (χ3v) is 7.32. The van der Waals surface area contributed by atoms with Crippen molar-refractivity contribution in [2.75, 3.05) is 33.4 Å². The minimum Gasteiger partial charge on any atom is -0.497 e. The zero-order valence-electron chi connectivity index (χ0n) is 21.2. The molecule has 2 amide bonds. The quantitative estimate of drug-likeness (QED) is 0.389. The number of hydrogen-bond donors (Lipinski definition) is 0. The highest BCUT2D eigenvalue weighted by atomic mass is 32.1. The molecule has 1 aliphatic heterocycles. The van der Waals surface area contributed by atoms with Crippen LogP contribution in [0.5, 0.6) is 11.5 Å². The van der Waals surface area contributed by atoms with E-state index >= 15 is 0 Å². The summed E-state index contributed by atoms with van der Waals surface area (Å²) in [6, 6.07) is 19.1. The lowest BCUT2D eigenvalue weighted by atomic mass is 10.00. The minimum atomic E-state index is -0.205. The smallest absolute Gasteiger partial charge is 0.242 e. The predicted molar refractivity (Wildman–Crippen MR) is 143 cm³/mol. The van der Waals surface area contributed by atoms with Gasteiger partial charge in [0, 0.05) is 24.0 Å². The first-order chi connectivity index (χ1) is 17.4. The van der Waals surface area contributed by atoms with E-state index in [0.717, 1.165) is 23.3 Å². The normalized spacial score (nSPS) is 14.9. The summed E-state index contributed by atoms with van der Waals surface area (Å²) in [6.07, 6.45) is 1.11. The maximum Gasteiger partial charge on any atom is 0.242 e. The molecule has 2 heterocycles. The van der Waals surface area contributed by atoms with E-state index in [9.17, 15) is 9.59 Å². The van der Waals surface area contributed by atoms with Crippen LogP contribution in [0.15, 0.2) is 66.0 Å². The Balaban J connectivity index is 1.49. The third kappa shape index (κ3) is 6.46. The van der Waals surface area contributed by atoms with Gasteiger partial charge < -0.3 is 19.3 Å². The summed E-state index contributed by atoms with van der Waals surface area (Å²) < 4.78 is 11.5. The number of thiophene rings is 1. The average molecular weight is 507 g/mol. The molecule has 2 aromatic carbocycles. The largest absolute Gasteiger partial charge is 0.497 e. The number of hydrogen-bond acceptors (Lipinski definition) is 5. The Morgan fingerprint density at radius 3 is 2.61 bits per heavy atom. The summed E-state index contributed by atoms with van der Waals surface area (Å²) in [5, 5.41) is 2.08. The predicted octanol–water partition coefficient (Wildman–Crippen LogP) is 4.99. The molecular weight excluding hydrogens is 472 g/mol. The van der Waals surface area contributed by atoms with E-state index in [1.807, 2.05) is 59.5 Å². The molecule has 1 aliphatic rings. The topological polar surface area (TPSA) is 59.1 Å². The van der Waals surface area contributed by atoms with Crippen molar-refractivity contribution in [1.82, 2.24) is 9.80 Å². The molecular formula is C29H34N2O4S. The first-order valence-corrected chi connectivity index (χ1v) is 13.3. The van der Waals surface area contributed by atoms with Gasteiger partial charge in [-0.05, 0) is 47.0 Å². The van der Waals surface area contributed by atoms with Crippen molar-refractivity contribution in [3.63, 3.8) is 0 Å². The Morgan fingerprint density at radius 1 is 1.08 bits per heavy atom. The monoisotopic (exact) mass is 506 g/mol. The molecule has 0 fully saturated rings. The fourth-order valence-corrected chi connectivity index (χ4v) is 5.50. The van der Waals surface area contributed by atoms with Crippen LogP contribution in [0.2, 0.25) is 0 Å². The molecule has 36 heavy (non-hydrogen) atoms. The third-order valence-electron chi connectivity index (χ3n) is 6.33. The average Bonchev–Trinajstić information content (AvgIpc) is 3.36. The van der Waals surface area contributed by atoms with Gasteiger partial charge in [0.2, 0.25) is 11.8 Å². The molecule has 7 heteroatoms. The molecule has 0 spiro atoms. The number of carbonyl (C=O) groups excluding carboxylic acids is 2. The van der Waals surface area contributed by atoms with Crippen molar-refractivity contribution in [3.05, 3.63) is 82.0 Å². The van der Waals surface area contributed by atoms with Crippen LogP contribution in [0.3, 0.4) is 0 Å². The Morgan fingerprint density at radius 2 is 1.86 bits per heavy atom. The van der Waals surface area contributed by atoms with Crippen LogP contribution in [0.25, 0.3) is 0 Å². The van der Waals surface area contributed by atoms with Crippen LogP contribution >= 0.6 is 11.3 Å². The molecule has 0 radical (unpaired) electrons. The van der Waals surface area contributed by atoms with Gasteiger partial charge in [0.25, 0.3) is 0 Å². The number of benzene rings is 2. The van der Waals surface area contributed by atoms with Gasteiger partial charge in [-0.25, -0.2) is 0 Å². The first kappa shape index (κ1) is 25.8. The van der Waals surface area contributed by atoms with E-state index in [4.69, 9.17) is 9.47 Å². The van der Waals surface area contributed by atoms with Gasteiger partial charge in [-0.3, -0.25) is 9.59 Å². The highest BCUT2D eigenvalue weighted by molar-refractivity contribution is 7.10. The van der Waals surface area contributed by atoms with Gasteiger partial charge in [0.1, 0.15) is 18.1 Å². The lowest BCUT2D eigenvalue weighted by molar-refractivity contribution is -0.142. The number of nitrogens with zero attached hydrogens (tertiary/aromatic N) is 2. The molecule has 0 N–H and O–H groups in total. The Bertz CT molecular complexity index is 1160. The highest BCUT2D eigenvalue weighted by Crippen LogP contribution is 2.34. The number of carbonyl (C=O) groups is 2. The van der Waals surface area contributed by atoms with Crippen LogP contribution in [0, 0.1) is 5.92 Å². The molecule has 6 nitrogen and oxygen atoms in total. The van der Waals surface area contributed by atoms with E-state index in [1.165, 1.54) is 4.88 Å². The van der Waals surface area contributed by atoms with E-state index in [2.05, 4.69) is 25.3 Å². The standard InChI is InChI=1S/C29H34N2O4S/c1-21(2)18-30(28(32)16-22-8-5-4-6-9-22)19-29(33)31-14-12-27-25(13-15-36-27)26(31)20-35-24-11-7-10-23(17-24)34-3/h4-11,13,15,17,21,26H,12,14,16,18-20H2,1-3H3.